The topological polar surface area (TPSA) is 80.3 Å². The van der Waals surface area contributed by atoms with E-state index in [4.69, 9.17) is 0 Å². The van der Waals surface area contributed by atoms with Crippen molar-refractivity contribution in [2.75, 3.05) is 0 Å². The normalized spacial score (nSPS) is 11.6. The quantitative estimate of drug-likeness (QED) is 0.580. The van der Waals surface area contributed by atoms with E-state index in [-0.39, 0.29) is 11.1 Å². The van der Waals surface area contributed by atoms with Crippen LogP contribution < -0.4 is 10.2 Å². The summed E-state index contributed by atoms with van der Waals surface area (Å²) in [6.07, 6.45) is 0. The number of aliphatic carboxylic acids is 2. The molecule has 2 rings (SSSR count). The van der Waals surface area contributed by atoms with Gasteiger partial charge in [-0.05, 0) is 11.1 Å². The molecule has 0 aliphatic carbocycles. The molecule has 0 amide bonds. The third-order valence-electron chi connectivity index (χ3n) is 2.78. The van der Waals surface area contributed by atoms with Crippen LogP contribution in [0.3, 0.4) is 0 Å². The number of hydrogen-bond donors (Lipinski definition) is 0. The predicted octanol–water partition coefficient (Wildman–Crippen LogP) is 0.0972. The van der Waals surface area contributed by atoms with E-state index in [2.05, 4.69) is 0 Å². The summed E-state index contributed by atoms with van der Waals surface area (Å²) in [6.45, 7) is 0. The third kappa shape index (κ3) is 2.75. The molecule has 0 saturated heterocycles. The van der Waals surface area contributed by atoms with E-state index >= 15 is 0 Å². The second-order valence-electron chi connectivity index (χ2n) is 4.06. The summed E-state index contributed by atoms with van der Waals surface area (Å²) in [7, 11) is 0. The molecule has 2 aromatic rings. The maximum Gasteiger partial charge on any atom is 0.0728 e. The Morgan fingerprint density at radius 1 is 0.600 bits per heavy atom. The van der Waals surface area contributed by atoms with Crippen LogP contribution in [0.15, 0.2) is 60.7 Å². The van der Waals surface area contributed by atoms with Gasteiger partial charge in [0.1, 0.15) is 0 Å². The van der Waals surface area contributed by atoms with Gasteiger partial charge in [0.05, 0.1) is 11.9 Å². The molecule has 0 aliphatic heterocycles. The Kier molecular flexibility index (Phi) is 3.96. The van der Waals surface area contributed by atoms with Gasteiger partial charge < -0.3 is 19.8 Å². The van der Waals surface area contributed by atoms with Gasteiger partial charge in [0.2, 0.25) is 0 Å². The lowest BCUT2D eigenvalue weighted by molar-refractivity contribution is -0.299. The summed E-state index contributed by atoms with van der Waals surface area (Å²) in [6, 6.07) is 15.9. The molecule has 2 aromatic carbocycles. The molecule has 0 aliphatic rings. The Morgan fingerprint density at radius 3 is 1.15 bits per heavy atom. The Balaban J connectivity index is 2.74. The Bertz CT molecular complexity index is 598. The van der Waals surface area contributed by atoms with E-state index in [1.54, 1.807) is 36.4 Å². The highest BCUT2D eigenvalue weighted by Crippen LogP contribution is 2.25. The molecule has 0 bridgehead atoms. The van der Waals surface area contributed by atoms with E-state index < -0.39 is 23.1 Å². The number of carbonyl (C=O) groups is 2. The maximum atomic E-state index is 11.4. The van der Waals surface area contributed by atoms with E-state index in [0.717, 1.165) is 0 Å². The van der Waals surface area contributed by atoms with Gasteiger partial charge in [0, 0.05) is 11.1 Å². The lowest BCUT2D eigenvalue weighted by Crippen LogP contribution is -2.30. The molecular formula is C16H10O4-2. The number of benzene rings is 2. The van der Waals surface area contributed by atoms with Crippen molar-refractivity contribution in [2.24, 2.45) is 0 Å². The van der Waals surface area contributed by atoms with Crippen LogP contribution >= 0.6 is 0 Å². The average molecular weight is 266 g/mol. The van der Waals surface area contributed by atoms with Gasteiger partial charge in [-0.1, -0.05) is 60.7 Å². The number of carboxylic acids is 2. The summed E-state index contributed by atoms with van der Waals surface area (Å²) in [5.74, 6) is -3.11. The second-order valence-corrected chi connectivity index (χ2v) is 4.06. The Morgan fingerprint density at radius 2 is 0.900 bits per heavy atom. The number of hydrogen-bond acceptors (Lipinski definition) is 4. The monoisotopic (exact) mass is 266 g/mol. The second kappa shape index (κ2) is 5.84. The lowest BCUT2D eigenvalue weighted by atomic mass is 9.94. The highest BCUT2D eigenvalue weighted by atomic mass is 16.4. The fraction of sp³-hybridized carbons (Fsp3) is 0. The maximum absolute atomic E-state index is 11.4. The van der Waals surface area contributed by atoms with E-state index in [0.29, 0.717) is 0 Å². The van der Waals surface area contributed by atoms with Gasteiger partial charge in [-0.25, -0.2) is 0 Å². The van der Waals surface area contributed by atoms with Crippen molar-refractivity contribution in [3.05, 3.63) is 71.8 Å². The van der Waals surface area contributed by atoms with Crippen LogP contribution in [-0.4, -0.2) is 11.9 Å². The number of carbonyl (C=O) groups excluding carboxylic acids is 2. The van der Waals surface area contributed by atoms with Gasteiger partial charge in [-0.15, -0.1) is 0 Å². The van der Waals surface area contributed by atoms with Crippen LogP contribution in [0.4, 0.5) is 0 Å². The molecule has 20 heavy (non-hydrogen) atoms. The van der Waals surface area contributed by atoms with Gasteiger partial charge in [0.15, 0.2) is 0 Å². The Labute approximate surface area is 115 Å². The third-order valence-corrected chi connectivity index (χ3v) is 2.78. The van der Waals surface area contributed by atoms with Crippen LogP contribution in [0.1, 0.15) is 11.1 Å². The first-order chi connectivity index (χ1) is 9.61. The highest BCUT2D eigenvalue weighted by molar-refractivity contribution is 6.35. The van der Waals surface area contributed by atoms with Crippen molar-refractivity contribution in [3.8, 4) is 0 Å². The minimum Gasteiger partial charge on any atom is -0.545 e. The van der Waals surface area contributed by atoms with Crippen LogP contribution in [0.5, 0.6) is 0 Å². The van der Waals surface area contributed by atoms with Crippen LogP contribution in [0.2, 0.25) is 0 Å². The molecule has 0 radical (unpaired) electrons. The summed E-state index contributed by atoms with van der Waals surface area (Å²) >= 11 is 0. The zero-order valence-corrected chi connectivity index (χ0v) is 10.4. The molecule has 0 N–H and O–H groups in total. The summed E-state index contributed by atoms with van der Waals surface area (Å²) in [4.78, 5) is 22.7. The Hall–Kier alpha value is -2.88. The molecule has 0 spiro atoms. The van der Waals surface area contributed by atoms with Gasteiger partial charge in [0.25, 0.3) is 0 Å². The molecule has 4 nitrogen and oxygen atoms in total. The number of carboxylic acid groups (broad SMARTS) is 2. The summed E-state index contributed by atoms with van der Waals surface area (Å²) in [5.41, 5.74) is -0.264. The minimum absolute atomic E-state index is 0.260. The van der Waals surface area contributed by atoms with Crippen molar-refractivity contribution in [3.63, 3.8) is 0 Å². The van der Waals surface area contributed by atoms with Crippen LogP contribution in [0, 0.1) is 0 Å². The fourth-order valence-corrected chi connectivity index (χ4v) is 1.94. The van der Waals surface area contributed by atoms with Gasteiger partial charge in [-0.3, -0.25) is 0 Å². The zero-order chi connectivity index (χ0) is 14.5. The first-order valence-corrected chi connectivity index (χ1v) is 5.89. The van der Waals surface area contributed by atoms with E-state index in [9.17, 15) is 19.8 Å². The molecule has 0 atom stereocenters. The standard InChI is InChI=1S/C16H12O4/c17-15(18)13(11-7-3-1-4-8-11)14(16(19)20)12-9-5-2-6-10-12/h1-10H,(H,17,18)(H,19,20)/p-2/b14-13-. The SMILES string of the molecule is O=C([O-])/C(=C(\C(=O)[O-])c1ccccc1)c1ccccc1. The van der Waals surface area contributed by atoms with Crippen LogP contribution in [-0.2, 0) is 9.59 Å². The largest absolute Gasteiger partial charge is 0.545 e. The number of rotatable bonds is 4. The average Bonchev–Trinajstić information content (AvgIpc) is 2.45. The molecule has 100 valence electrons. The minimum atomic E-state index is -1.56. The van der Waals surface area contributed by atoms with Crippen LogP contribution in [0.25, 0.3) is 11.1 Å². The zero-order valence-electron chi connectivity index (χ0n) is 10.4. The molecule has 0 saturated carbocycles. The predicted molar refractivity (Wildman–Crippen MR) is 69.7 cm³/mol. The van der Waals surface area contributed by atoms with E-state index in [1.165, 1.54) is 24.3 Å². The molecule has 0 unspecified atom stereocenters. The summed E-state index contributed by atoms with van der Waals surface area (Å²) < 4.78 is 0. The highest BCUT2D eigenvalue weighted by Gasteiger charge is 2.13. The van der Waals surface area contributed by atoms with Crippen molar-refractivity contribution in [2.45, 2.75) is 0 Å². The molecule has 0 fully saturated rings. The smallest absolute Gasteiger partial charge is 0.0728 e. The summed E-state index contributed by atoms with van der Waals surface area (Å²) in [5, 5.41) is 22.7. The molecule has 4 heteroatoms. The van der Waals surface area contributed by atoms with Crippen molar-refractivity contribution in [1.29, 1.82) is 0 Å². The van der Waals surface area contributed by atoms with Gasteiger partial charge >= 0.3 is 0 Å². The van der Waals surface area contributed by atoms with Crippen molar-refractivity contribution in [1.82, 2.24) is 0 Å². The first-order valence-electron chi connectivity index (χ1n) is 5.89. The fourth-order valence-electron chi connectivity index (χ4n) is 1.94. The lowest BCUT2D eigenvalue weighted by Gasteiger charge is -2.18. The van der Waals surface area contributed by atoms with E-state index in [1.807, 2.05) is 0 Å². The molecule has 0 heterocycles. The molecular weight excluding hydrogens is 256 g/mol. The van der Waals surface area contributed by atoms with Gasteiger partial charge in [-0.2, -0.15) is 0 Å². The van der Waals surface area contributed by atoms with Crippen molar-refractivity contribution < 1.29 is 19.8 Å². The molecule has 0 aromatic heterocycles. The first kappa shape index (κ1) is 13.5. The van der Waals surface area contributed by atoms with Crippen molar-refractivity contribution >= 4 is 23.1 Å².